The summed E-state index contributed by atoms with van der Waals surface area (Å²) in [4.78, 5) is 9.56. The summed E-state index contributed by atoms with van der Waals surface area (Å²) < 4.78 is 14.5. The van der Waals surface area contributed by atoms with Gasteiger partial charge in [0.1, 0.15) is 11.5 Å². The van der Waals surface area contributed by atoms with Crippen LogP contribution in [-0.4, -0.2) is 28.1 Å². The van der Waals surface area contributed by atoms with E-state index in [2.05, 4.69) is 81.7 Å². The molecule has 0 N–H and O–H groups in total. The number of hydrogen-bond donors (Lipinski definition) is 0. The number of nitrogens with zero attached hydrogens (tertiary/aromatic N) is 3. The van der Waals surface area contributed by atoms with Crippen molar-refractivity contribution >= 4 is 27.8 Å². The third-order valence-electron chi connectivity index (χ3n) is 6.99. The van der Waals surface area contributed by atoms with Gasteiger partial charge in [-0.3, -0.25) is 4.99 Å². The Bertz CT molecular complexity index is 1730. The van der Waals surface area contributed by atoms with Crippen LogP contribution in [0.4, 0.5) is 0 Å². The van der Waals surface area contributed by atoms with E-state index < -0.39 is 0 Å². The van der Waals surface area contributed by atoms with Crippen LogP contribution in [-0.2, 0) is 25.8 Å². The maximum atomic E-state index is 6.36. The van der Waals surface area contributed by atoms with Crippen molar-refractivity contribution in [3.05, 3.63) is 95.2 Å². The van der Waals surface area contributed by atoms with Crippen LogP contribution >= 0.6 is 0 Å². The number of benzene rings is 3. The molecule has 0 aliphatic carbocycles. The summed E-state index contributed by atoms with van der Waals surface area (Å²) >= 11 is 0. The fourth-order valence-electron chi connectivity index (χ4n) is 4.98. The van der Waals surface area contributed by atoms with E-state index in [-0.39, 0.29) is 32.5 Å². The molecule has 0 saturated carbocycles. The molecule has 0 fully saturated rings. The van der Waals surface area contributed by atoms with E-state index in [1.54, 1.807) is 0 Å². The van der Waals surface area contributed by atoms with Crippen molar-refractivity contribution in [1.29, 1.82) is 0 Å². The van der Waals surface area contributed by atoms with Gasteiger partial charge >= 0.3 is 21.1 Å². The fourth-order valence-corrected chi connectivity index (χ4v) is 4.98. The van der Waals surface area contributed by atoms with Gasteiger partial charge in [-0.25, -0.2) is 4.98 Å². The molecule has 5 nitrogen and oxygen atoms in total. The molecule has 1 aliphatic heterocycles. The molecule has 3 heterocycles. The first-order valence-corrected chi connectivity index (χ1v) is 13.0. The number of aryl methyl sites for hydroxylation is 3. The Hall–Kier alpha value is -3.43. The molecule has 5 aromatic rings. The summed E-state index contributed by atoms with van der Waals surface area (Å²) in [7, 11) is 0. The molecule has 1 atom stereocenters. The Kier molecular flexibility index (Phi) is 7.15. The second-order valence-corrected chi connectivity index (χ2v) is 11.3. The van der Waals surface area contributed by atoms with Crippen molar-refractivity contribution in [3.8, 4) is 17.2 Å². The van der Waals surface area contributed by atoms with E-state index in [0.29, 0.717) is 24.0 Å². The maximum absolute atomic E-state index is 6.36. The van der Waals surface area contributed by atoms with Gasteiger partial charge in [0, 0.05) is 28.5 Å². The van der Waals surface area contributed by atoms with Gasteiger partial charge in [-0.15, -0.1) is 29.8 Å². The minimum Gasteiger partial charge on any atom is -0.518 e. The molecule has 0 amide bonds. The predicted octanol–water partition coefficient (Wildman–Crippen LogP) is 7.69. The van der Waals surface area contributed by atoms with Gasteiger partial charge in [0.15, 0.2) is 0 Å². The summed E-state index contributed by atoms with van der Waals surface area (Å²) in [5, 5.41) is 2.29. The number of ether oxygens (including phenoxy) is 2. The van der Waals surface area contributed by atoms with Gasteiger partial charge in [0.25, 0.3) is 0 Å². The average molecular weight is 697 g/mol. The molecule has 6 rings (SSSR count). The van der Waals surface area contributed by atoms with E-state index in [1.807, 2.05) is 37.4 Å². The number of aromatic nitrogens is 2. The van der Waals surface area contributed by atoms with Crippen LogP contribution in [0.2, 0.25) is 0 Å². The molecule has 0 radical (unpaired) electrons. The summed E-state index contributed by atoms with van der Waals surface area (Å²) in [6.07, 6.45) is 1.83. The first-order valence-electron chi connectivity index (χ1n) is 13.0. The van der Waals surface area contributed by atoms with Gasteiger partial charge in [-0.1, -0.05) is 69.6 Å². The molecule has 1 aliphatic rings. The Balaban J connectivity index is 0.00000308. The van der Waals surface area contributed by atoms with Crippen LogP contribution in [0.15, 0.2) is 65.8 Å². The zero-order chi connectivity index (χ0) is 26.6. The molecule has 0 spiro atoms. The van der Waals surface area contributed by atoms with Crippen LogP contribution in [0.25, 0.3) is 27.6 Å². The SMILES string of the molecule is Cc1cc(Oc2[c-]c(-n3c4ccc(C)cc4c4cccnc43)cc(C)c2)[c-]c(C2=N[C@H](C(C)(C)C)CO2)c1.[Pt+2]. The van der Waals surface area contributed by atoms with Crippen molar-refractivity contribution in [2.45, 2.75) is 47.6 Å². The molecule has 0 saturated heterocycles. The second kappa shape index (κ2) is 10.3. The standard InChI is InChI=1S/C33H31N3O2.Pt/c1-20-9-10-29-28(16-20)27-8-7-11-34-31(27)36(29)24-13-22(3)15-26(18-24)38-25-14-21(2)12-23(17-25)32-35-30(19-37-32)33(4,5)6;/h7-16,30H,19H2,1-6H3;/q-2;+2/t30-;/m0./s1. The minimum absolute atomic E-state index is 0. The minimum atomic E-state index is 0. The first-order chi connectivity index (χ1) is 18.2. The first kappa shape index (κ1) is 27.1. The second-order valence-electron chi connectivity index (χ2n) is 11.3. The van der Waals surface area contributed by atoms with E-state index in [1.165, 1.54) is 10.9 Å². The van der Waals surface area contributed by atoms with Crippen LogP contribution in [0.5, 0.6) is 11.5 Å². The van der Waals surface area contributed by atoms with Crippen molar-refractivity contribution in [2.24, 2.45) is 10.4 Å². The molecule has 6 heteroatoms. The summed E-state index contributed by atoms with van der Waals surface area (Å²) in [5.41, 5.74) is 7.05. The number of aliphatic imine (C=N–C) groups is 1. The Morgan fingerprint density at radius 1 is 0.897 bits per heavy atom. The molecule has 200 valence electrons. The third kappa shape index (κ3) is 5.25. The van der Waals surface area contributed by atoms with Crippen LogP contribution in [0.3, 0.4) is 0 Å². The molecular formula is C33H31N3O2Pt. The topological polar surface area (TPSA) is 48.6 Å². The summed E-state index contributed by atoms with van der Waals surface area (Å²) in [6.45, 7) is 13.3. The Morgan fingerprint density at radius 2 is 1.64 bits per heavy atom. The maximum Gasteiger partial charge on any atom is 2.00 e. The monoisotopic (exact) mass is 696 g/mol. The number of fused-ring (bicyclic) bond motifs is 3. The van der Waals surface area contributed by atoms with Gasteiger partial charge < -0.3 is 14.0 Å². The quantitative estimate of drug-likeness (QED) is 0.181. The molecule has 2 aromatic heterocycles. The summed E-state index contributed by atoms with van der Waals surface area (Å²) in [5.74, 6) is 1.85. The molecule has 0 bridgehead atoms. The van der Waals surface area contributed by atoms with Gasteiger partial charge in [-0.05, 0) is 36.6 Å². The van der Waals surface area contributed by atoms with Crippen molar-refractivity contribution in [1.82, 2.24) is 9.55 Å². The van der Waals surface area contributed by atoms with E-state index in [9.17, 15) is 0 Å². The summed E-state index contributed by atoms with van der Waals surface area (Å²) in [6, 6.07) is 25.7. The van der Waals surface area contributed by atoms with Crippen molar-refractivity contribution < 1.29 is 30.5 Å². The molecule has 39 heavy (non-hydrogen) atoms. The Labute approximate surface area is 244 Å². The third-order valence-corrected chi connectivity index (χ3v) is 6.99. The predicted molar refractivity (Wildman–Crippen MR) is 153 cm³/mol. The van der Waals surface area contributed by atoms with Gasteiger partial charge in [-0.2, -0.15) is 5.56 Å². The van der Waals surface area contributed by atoms with Crippen LogP contribution in [0, 0.1) is 38.3 Å². The molecular weight excluding hydrogens is 665 g/mol. The molecule has 0 unspecified atom stereocenters. The zero-order valence-corrected chi connectivity index (χ0v) is 25.3. The smallest absolute Gasteiger partial charge is 0.518 e. The van der Waals surface area contributed by atoms with Crippen molar-refractivity contribution in [2.75, 3.05) is 6.61 Å². The van der Waals surface area contributed by atoms with Gasteiger partial charge in [0.2, 0.25) is 0 Å². The van der Waals surface area contributed by atoms with E-state index in [0.717, 1.165) is 38.9 Å². The molecule has 3 aromatic carbocycles. The zero-order valence-electron chi connectivity index (χ0n) is 23.0. The van der Waals surface area contributed by atoms with Crippen molar-refractivity contribution in [3.63, 3.8) is 0 Å². The van der Waals surface area contributed by atoms with Gasteiger partial charge in [0.05, 0.1) is 18.2 Å². The normalized spacial score (nSPS) is 15.2. The largest absolute Gasteiger partial charge is 2.00 e. The Morgan fingerprint density at radius 3 is 2.38 bits per heavy atom. The van der Waals surface area contributed by atoms with E-state index in [4.69, 9.17) is 19.5 Å². The van der Waals surface area contributed by atoms with E-state index >= 15 is 0 Å². The number of pyridine rings is 1. The average Bonchev–Trinajstić information content (AvgIpc) is 3.47. The van der Waals surface area contributed by atoms with Crippen LogP contribution < -0.4 is 4.74 Å². The number of hydrogen-bond acceptors (Lipinski definition) is 4. The number of rotatable bonds is 4. The fraction of sp³-hybridized carbons (Fsp3) is 0.273. The van der Waals surface area contributed by atoms with Crippen LogP contribution in [0.1, 0.15) is 43.0 Å².